The minimum atomic E-state index is -0.460. The zero-order valence-corrected chi connectivity index (χ0v) is 19.8. The number of amides is 1. The molecule has 0 spiro atoms. The molecule has 1 amide bonds. The normalized spacial score (nSPS) is 15.4. The number of carbonyl (C=O) groups is 1. The van der Waals surface area contributed by atoms with E-state index in [9.17, 15) is 19.2 Å². The molecular weight excluding hydrogens is 453 g/mol. The van der Waals surface area contributed by atoms with Gasteiger partial charge in [0.2, 0.25) is 0 Å². The van der Waals surface area contributed by atoms with E-state index in [1.807, 2.05) is 18.2 Å². The predicted octanol–water partition coefficient (Wildman–Crippen LogP) is 2.52. The summed E-state index contributed by atoms with van der Waals surface area (Å²) in [5.74, 6) is -0.600. The van der Waals surface area contributed by atoms with Gasteiger partial charge < -0.3 is 9.64 Å². The standard InChI is InChI=1S/C26H24FN3O3S/c1-17(2)18-7-9-20(10-8-18)30-25(32)23(15-19-5-3-4-6-22(19)27)34-26(30)21(16-28)24(31)29-11-13-33-14-12-29/h3-10,15,17H,11-14H2,1-2H3/b23-15+,26-21-. The topological polar surface area (TPSA) is 75.3 Å². The Morgan fingerprint density at radius 3 is 2.44 bits per heavy atom. The van der Waals surface area contributed by atoms with E-state index in [0.29, 0.717) is 37.9 Å². The van der Waals surface area contributed by atoms with E-state index in [-0.39, 0.29) is 20.3 Å². The number of morpholine rings is 1. The fourth-order valence-electron chi connectivity index (χ4n) is 3.74. The fraction of sp³-hybridized carbons (Fsp3) is 0.269. The fourth-order valence-corrected chi connectivity index (χ4v) is 4.83. The van der Waals surface area contributed by atoms with E-state index in [0.717, 1.165) is 16.9 Å². The van der Waals surface area contributed by atoms with Crippen LogP contribution < -0.4 is 14.8 Å². The predicted molar refractivity (Wildman–Crippen MR) is 130 cm³/mol. The highest BCUT2D eigenvalue weighted by Crippen LogP contribution is 2.16. The first-order valence-electron chi connectivity index (χ1n) is 11.0. The lowest BCUT2D eigenvalue weighted by Crippen LogP contribution is -2.42. The highest BCUT2D eigenvalue weighted by Gasteiger charge is 2.24. The quantitative estimate of drug-likeness (QED) is 0.579. The molecule has 174 valence electrons. The summed E-state index contributed by atoms with van der Waals surface area (Å²) < 4.78 is 21.4. The van der Waals surface area contributed by atoms with Gasteiger partial charge in [-0.15, -0.1) is 11.3 Å². The molecule has 0 atom stereocenters. The largest absolute Gasteiger partial charge is 0.378 e. The number of aromatic nitrogens is 1. The second kappa shape index (κ2) is 10.2. The molecule has 4 rings (SSSR count). The van der Waals surface area contributed by atoms with Crippen LogP contribution in [0.25, 0.3) is 17.3 Å². The third kappa shape index (κ3) is 4.72. The Hall–Kier alpha value is -3.54. The van der Waals surface area contributed by atoms with Crippen molar-refractivity contribution < 1.29 is 13.9 Å². The number of benzene rings is 2. The van der Waals surface area contributed by atoms with E-state index in [1.54, 1.807) is 35.2 Å². The maximum absolute atomic E-state index is 14.3. The highest BCUT2D eigenvalue weighted by atomic mass is 32.1. The Kier molecular flexibility index (Phi) is 7.06. The molecule has 34 heavy (non-hydrogen) atoms. The molecule has 0 radical (unpaired) electrons. The van der Waals surface area contributed by atoms with Gasteiger partial charge in [0.1, 0.15) is 16.5 Å². The summed E-state index contributed by atoms with van der Waals surface area (Å²) >= 11 is 1.01. The van der Waals surface area contributed by atoms with Crippen LogP contribution in [0.3, 0.4) is 0 Å². The van der Waals surface area contributed by atoms with Crippen molar-refractivity contribution in [2.24, 2.45) is 0 Å². The van der Waals surface area contributed by atoms with Gasteiger partial charge in [-0.2, -0.15) is 5.26 Å². The molecule has 6 nitrogen and oxygen atoms in total. The average Bonchev–Trinajstić information content (AvgIpc) is 3.17. The van der Waals surface area contributed by atoms with Crippen molar-refractivity contribution >= 4 is 28.9 Å². The van der Waals surface area contributed by atoms with Gasteiger partial charge in [-0.05, 0) is 35.8 Å². The first-order chi connectivity index (χ1) is 16.4. The van der Waals surface area contributed by atoms with Crippen LogP contribution in [0.5, 0.6) is 0 Å². The molecular formula is C26H24FN3O3S. The molecule has 2 heterocycles. The number of ether oxygens (including phenoxy) is 1. The number of halogens is 1. The number of hydrogen-bond donors (Lipinski definition) is 0. The van der Waals surface area contributed by atoms with E-state index < -0.39 is 17.3 Å². The van der Waals surface area contributed by atoms with Crippen LogP contribution in [0.2, 0.25) is 0 Å². The van der Waals surface area contributed by atoms with Crippen LogP contribution >= 0.6 is 11.3 Å². The van der Waals surface area contributed by atoms with E-state index in [1.165, 1.54) is 16.7 Å². The second-order valence-corrected chi connectivity index (χ2v) is 9.25. The minimum absolute atomic E-state index is 0.120. The molecule has 8 heteroatoms. The SMILES string of the molecule is CC(C)c1ccc(-n2c(=O)/c(=C\c3ccccc3F)s/c2=C(/C#N)C(=O)N2CCOCC2)cc1. The Bertz CT molecular complexity index is 1430. The van der Waals surface area contributed by atoms with Crippen molar-refractivity contribution in [1.29, 1.82) is 5.26 Å². The Morgan fingerprint density at radius 2 is 1.82 bits per heavy atom. The Balaban J connectivity index is 1.98. The Morgan fingerprint density at radius 1 is 1.15 bits per heavy atom. The van der Waals surface area contributed by atoms with Gasteiger partial charge in [-0.25, -0.2) is 4.39 Å². The zero-order chi connectivity index (χ0) is 24.2. The lowest BCUT2D eigenvalue weighted by molar-refractivity contribution is -0.128. The Labute approximate surface area is 200 Å². The number of hydrogen-bond acceptors (Lipinski definition) is 5. The van der Waals surface area contributed by atoms with E-state index >= 15 is 0 Å². The number of carbonyl (C=O) groups excluding carboxylic acids is 1. The maximum Gasteiger partial charge on any atom is 0.273 e. The summed E-state index contributed by atoms with van der Waals surface area (Å²) in [6.45, 7) is 5.67. The van der Waals surface area contributed by atoms with Crippen molar-refractivity contribution in [3.8, 4) is 11.8 Å². The van der Waals surface area contributed by atoms with Gasteiger partial charge in [0.15, 0.2) is 5.57 Å². The molecule has 1 saturated heterocycles. The average molecular weight is 478 g/mol. The van der Waals surface area contributed by atoms with Gasteiger partial charge >= 0.3 is 0 Å². The van der Waals surface area contributed by atoms with Gasteiger partial charge in [-0.1, -0.05) is 44.2 Å². The molecule has 0 bridgehead atoms. The summed E-state index contributed by atoms with van der Waals surface area (Å²) in [5, 5.41) is 9.96. The number of nitrogens with zero attached hydrogens (tertiary/aromatic N) is 3. The first kappa shape index (κ1) is 23.6. The molecule has 3 aromatic rings. The zero-order valence-electron chi connectivity index (χ0n) is 19.0. The monoisotopic (exact) mass is 477 g/mol. The van der Waals surface area contributed by atoms with Crippen molar-refractivity contribution in [2.75, 3.05) is 26.3 Å². The van der Waals surface area contributed by atoms with Crippen LogP contribution in [-0.2, 0) is 9.53 Å². The molecule has 1 aliphatic rings. The number of nitriles is 1. The highest BCUT2D eigenvalue weighted by molar-refractivity contribution is 7.07. The molecule has 0 unspecified atom stereocenters. The number of thiazole rings is 1. The van der Waals surface area contributed by atoms with Crippen molar-refractivity contribution in [1.82, 2.24) is 9.47 Å². The summed E-state index contributed by atoms with van der Waals surface area (Å²) in [6, 6.07) is 15.6. The molecule has 1 aliphatic heterocycles. The molecule has 0 aliphatic carbocycles. The second-order valence-electron chi connectivity index (χ2n) is 8.22. The van der Waals surface area contributed by atoms with Gasteiger partial charge in [-0.3, -0.25) is 14.2 Å². The van der Waals surface area contributed by atoms with E-state index in [4.69, 9.17) is 4.74 Å². The maximum atomic E-state index is 14.3. The van der Waals surface area contributed by atoms with Crippen LogP contribution in [0, 0.1) is 17.1 Å². The molecule has 0 saturated carbocycles. The number of rotatable bonds is 4. The third-order valence-corrected chi connectivity index (χ3v) is 6.76. The summed E-state index contributed by atoms with van der Waals surface area (Å²) in [4.78, 5) is 28.3. The molecule has 0 N–H and O–H groups in total. The molecule has 2 aromatic carbocycles. The lowest BCUT2D eigenvalue weighted by atomic mass is 10.0. The van der Waals surface area contributed by atoms with Gasteiger partial charge in [0.25, 0.3) is 11.5 Å². The van der Waals surface area contributed by atoms with Crippen molar-refractivity contribution in [2.45, 2.75) is 19.8 Å². The van der Waals surface area contributed by atoms with Crippen molar-refractivity contribution in [3.63, 3.8) is 0 Å². The van der Waals surface area contributed by atoms with E-state index in [2.05, 4.69) is 13.8 Å². The summed E-state index contributed by atoms with van der Waals surface area (Å²) in [5.41, 5.74) is 1.36. The lowest BCUT2D eigenvalue weighted by Gasteiger charge is -2.26. The summed E-state index contributed by atoms with van der Waals surface area (Å²) in [6.07, 6.45) is 1.46. The third-order valence-electron chi connectivity index (χ3n) is 5.67. The van der Waals surface area contributed by atoms with Crippen LogP contribution in [-0.4, -0.2) is 41.7 Å². The van der Waals surface area contributed by atoms with Gasteiger partial charge in [0.05, 0.1) is 23.4 Å². The van der Waals surface area contributed by atoms with Crippen molar-refractivity contribution in [3.05, 3.63) is 85.0 Å². The summed E-state index contributed by atoms with van der Waals surface area (Å²) in [7, 11) is 0. The van der Waals surface area contributed by atoms with Gasteiger partial charge in [0, 0.05) is 18.7 Å². The van der Waals surface area contributed by atoms with Crippen LogP contribution in [0.15, 0.2) is 53.3 Å². The first-order valence-corrected chi connectivity index (χ1v) is 11.8. The molecule has 1 aromatic heterocycles. The smallest absolute Gasteiger partial charge is 0.273 e. The van der Waals surface area contributed by atoms with Crippen LogP contribution in [0.4, 0.5) is 4.39 Å². The van der Waals surface area contributed by atoms with Crippen LogP contribution in [0.1, 0.15) is 30.9 Å². The minimum Gasteiger partial charge on any atom is -0.378 e. The molecule has 1 fully saturated rings.